The summed E-state index contributed by atoms with van der Waals surface area (Å²) < 4.78 is 5.13. The van der Waals surface area contributed by atoms with E-state index in [1.165, 1.54) is 0 Å². The predicted octanol–water partition coefficient (Wildman–Crippen LogP) is 1.88. The van der Waals surface area contributed by atoms with Crippen molar-refractivity contribution >= 4 is 5.91 Å². The first-order valence-corrected chi connectivity index (χ1v) is 6.37. The van der Waals surface area contributed by atoms with Gasteiger partial charge in [0.2, 0.25) is 0 Å². The fraction of sp³-hybridized carbons (Fsp3) is 0.615. The molecule has 0 saturated carbocycles. The maximum atomic E-state index is 12.0. The van der Waals surface area contributed by atoms with Gasteiger partial charge in [-0.2, -0.15) is 0 Å². The quantitative estimate of drug-likeness (QED) is 0.868. The fourth-order valence-corrected chi connectivity index (χ4v) is 2.19. The first kappa shape index (κ1) is 12.2. The Morgan fingerprint density at radius 2 is 2.29 bits per heavy atom. The third-order valence-electron chi connectivity index (χ3n) is 3.20. The molecule has 4 heteroatoms. The van der Waals surface area contributed by atoms with Crippen LogP contribution in [0.2, 0.25) is 0 Å². The van der Waals surface area contributed by atoms with Crippen LogP contribution in [0.3, 0.4) is 0 Å². The number of hydrogen-bond acceptors (Lipinski definition) is 3. The highest BCUT2D eigenvalue weighted by atomic mass is 16.3. The number of furan rings is 1. The van der Waals surface area contributed by atoms with E-state index in [9.17, 15) is 4.79 Å². The first-order chi connectivity index (χ1) is 8.31. The van der Waals surface area contributed by atoms with E-state index in [-0.39, 0.29) is 5.91 Å². The molecule has 1 fully saturated rings. The Hall–Kier alpha value is -1.29. The van der Waals surface area contributed by atoms with E-state index in [1.54, 1.807) is 18.4 Å². The van der Waals surface area contributed by atoms with Crippen molar-refractivity contribution in [2.75, 3.05) is 19.6 Å². The maximum absolute atomic E-state index is 12.0. The zero-order chi connectivity index (χ0) is 12.1. The van der Waals surface area contributed by atoms with Crippen LogP contribution in [0.15, 0.2) is 22.8 Å². The molecule has 0 unspecified atom stereocenters. The van der Waals surface area contributed by atoms with Crippen molar-refractivity contribution in [2.24, 2.45) is 0 Å². The molecule has 1 saturated heterocycles. The first-order valence-electron chi connectivity index (χ1n) is 6.37. The second kappa shape index (κ2) is 5.87. The highest BCUT2D eigenvalue weighted by molar-refractivity contribution is 5.91. The van der Waals surface area contributed by atoms with Gasteiger partial charge >= 0.3 is 0 Å². The second-order valence-electron chi connectivity index (χ2n) is 4.50. The van der Waals surface area contributed by atoms with E-state index in [0.717, 1.165) is 38.9 Å². The number of amides is 1. The molecule has 2 heterocycles. The number of carbonyl (C=O) groups is 1. The molecule has 94 valence electrons. The van der Waals surface area contributed by atoms with E-state index in [2.05, 4.69) is 12.2 Å². The summed E-state index contributed by atoms with van der Waals surface area (Å²) in [4.78, 5) is 13.9. The minimum atomic E-state index is 0.0175. The minimum absolute atomic E-state index is 0.0175. The summed E-state index contributed by atoms with van der Waals surface area (Å²) in [6.07, 6.45) is 4.77. The van der Waals surface area contributed by atoms with Crippen LogP contribution in [0.4, 0.5) is 0 Å². The Morgan fingerprint density at radius 3 is 2.88 bits per heavy atom. The predicted molar refractivity (Wildman–Crippen MR) is 65.9 cm³/mol. The topological polar surface area (TPSA) is 45.5 Å². The van der Waals surface area contributed by atoms with Gasteiger partial charge in [-0.1, -0.05) is 6.92 Å². The largest absolute Gasteiger partial charge is 0.459 e. The fourth-order valence-electron chi connectivity index (χ4n) is 2.19. The Balaban J connectivity index is 1.81. The Labute approximate surface area is 102 Å². The molecular formula is C13H20N2O2. The van der Waals surface area contributed by atoms with Gasteiger partial charge in [-0.3, -0.25) is 4.79 Å². The highest BCUT2D eigenvalue weighted by Crippen LogP contribution is 2.14. The summed E-state index contributed by atoms with van der Waals surface area (Å²) in [6, 6.07) is 4.04. The third kappa shape index (κ3) is 3.09. The Bertz CT molecular complexity index is 340. The number of piperidine rings is 1. The Morgan fingerprint density at radius 1 is 1.53 bits per heavy atom. The molecule has 1 aromatic heterocycles. The molecule has 0 spiro atoms. The van der Waals surface area contributed by atoms with Crippen LogP contribution < -0.4 is 5.32 Å². The van der Waals surface area contributed by atoms with Crippen molar-refractivity contribution < 1.29 is 9.21 Å². The van der Waals surface area contributed by atoms with Crippen LogP contribution in [0, 0.1) is 0 Å². The van der Waals surface area contributed by atoms with E-state index < -0.39 is 0 Å². The van der Waals surface area contributed by atoms with Crippen LogP contribution >= 0.6 is 0 Å². The van der Waals surface area contributed by atoms with E-state index in [4.69, 9.17) is 4.42 Å². The second-order valence-corrected chi connectivity index (χ2v) is 4.50. The molecule has 1 aliphatic rings. The van der Waals surface area contributed by atoms with E-state index in [1.807, 2.05) is 4.90 Å². The molecular weight excluding hydrogens is 216 g/mol. The Kier molecular flexibility index (Phi) is 4.20. The summed E-state index contributed by atoms with van der Waals surface area (Å²) in [5.41, 5.74) is 0. The van der Waals surface area contributed by atoms with Crippen molar-refractivity contribution in [1.29, 1.82) is 0 Å². The van der Waals surface area contributed by atoms with Crippen molar-refractivity contribution in [1.82, 2.24) is 10.2 Å². The molecule has 4 nitrogen and oxygen atoms in total. The van der Waals surface area contributed by atoms with E-state index >= 15 is 0 Å². The smallest absolute Gasteiger partial charge is 0.289 e. The van der Waals surface area contributed by atoms with Gasteiger partial charge in [-0.25, -0.2) is 0 Å². The molecule has 0 aliphatic carbocycles. The molecule has 1 amide bonds. The normalized spacial score (nSPS) is 17.4. The summed E-state index contributed by atoms with van der Waals surface area (Å²) in [5, 5.41) is 3.50. The molecule has 2 rings (SSSR count). The average Bonchev–Trinajstić information content (AvgIpc) is 2.90. The van der Waals surface area contributed by atoms with Gasteiger partial charge in [0.25, 0.3) is 5.91 Å². The van der Waals surface area contributed by atoms with Gasteiger partial charge in [0.15, 0.2) is 5.76 Å². The average molecular weight is 236 g/mol. The lowest BCUT2D eigenvalue weighted by atomic mass is 10.0. The van der Waals surface area contributed by atoms with Crippen LogP contribution in [0.25, 0.3) is 0 Å². The molecule has 17 heavy (non-hydrogen) atoms. The van der Waals surface area contributed by atoms with Gasteiger partial charge in [-0.05, 0) is 37.9 Å². The SMILES string of the molecule is CCCNC1CCN(C(=O)c2ccco2)CC1. The lowest BCUT2D eigenvalue weighted by molar-refractivity contribution is 0.0673. The number of carbonyl (C=O) groups excluding carboxylic acids is 1. The van der Waals surface area contributed by atoms with Crippen molar-refractivity contribution in [3.8, 4) is 0 Å². The van der Waals surface area contributed by atoms with Crippen LogP contribution in [-0.4, -0.2) is 36.5 Å². The molecule has 1 N–H and O–H groups in total. The number of hydrogen-bond donors (Lipinski definition) is 1. The number of rotatable bonds is 4. The lowest BCUT2D eigenvalue weighted by Gasteiger charge is -2.31. The molecule has 0 aromatic carbocycles. The molecule has 1 aliphatic heterocycles. The molecule has 0 atom stereocenters. The maximum Gasteiger partial charge on any atom is 0.289 e. The van der Waals surface area contributed by atoms with Gasteiger partial charge in [0, 0.05) is 19.1 Å². The van der Waals surface area contributed by atoms with E-state index in [0.29, 0.717) is 11.8 Å². The van der Waals surface area contributed by atoms with Gasteiger partial charge in [0.1, 0.15) is 0 Å². The standard InChI is InChI=1S/C13H20N2O2/c1-2-7-14-11-5-8-15(9-6-11)13(16)12-4-3-10-17-12/h3-4,10-11,14H,2,5-9H2,1H3. The zero-order valence-electron chi connectivity index (χ0n) is 10.3. The number of nitrogens with one attached hydrogen (secondary N) is 1. The summed E-state index contributed by atoms with van der Waals surface area (Å²) in [6.45, 7) is 4.88. The zero-order valence-corrected chi connectivity index (χ0v) is 10.3. The minimum Gasteiger partial charge on any atom is -0.459 e. The highest BCUT2D eigenvalue weighted by Gasteiger charge is 2.24. The van der Waals surface area contributed by atoms with Gasteiger partial charge < -0.3 is 14.6 Å². The van der Waals surface area contributed by atoms with Crippen molar-refractivity contribution in [3.05, 3.63) is 24.2 Å². The summed E-state index contributed by atoms with van der Waals surface area (Å²) >= 11 is 0. The van der Waals surface area contributed by atoms with Crippen molar-refractivity contribution in [2.45, 2.75) is 32.2 Å². The summed E-state index contributed by atoms with van der Waals surface area (Å²) in [7, 11) is 0. The molecule has 0 radical (unpaired) electrons. The van der Waals surface area contributed by atoms with Crippen LogP contribution in [0.1, 0.15) is 36.7 Å². The van der Waals surface area contributed by atoms with Crippen LogP contribution in [-0.2, 0) is 0 Å². The lowest BCUT2D eigenvalue weighted by Crippen LogP contribution is -2.45. The third-order valence-corrected chi connectivity index (χ3v) is 3.20. The monoisotopic (exact) mass is 236 g/mol. The number of likely N-dealkylation sites (tertiary alicyclic amines) is 1. The molecule has 1 aromatic rings. The summed E-state index contributed by atoms with van der Waals surface area (Å²) in [5.74, 6) is 0.467. The van der Waals surface area contributed by atoms with Gasteiger partial charge in [-0.15, -0.1) is 0 Å². The molecule has 0 bridgehead atoms. The van der Waals surface area contributed by atoms with Crippen LogP contribution in [0.5, 0.6) is 0 Å². The van der Waals surface area contributed by atoms with Crippen molar-refractivity contribution in [3.63, 3.8) is 0 Å². The number of nitrogens with zero attached hydrogens (tertiary/aromatic N) is 1. The van der Waals surface area contributed by atoms with Gasteiger partial charge in [0.05, 0.1) is 6.26 Å².